The maximum Gasteiger partial charge on any atom is 0.0585 e. The Bertz CT molecular complexity index is 319. The molecule has 1 aromatic carbocycles. The van der Waals surface area contributed by atoms with Crippen molar-refractivity contribution < 1.29 is 4.74 Å². The lowest BCUT2D eigenvalue weighted by molar-refractivity contribution is -0.0649. The van der Waals surface area contributed by atoms with Crippen molar-refractivity contribution in [1.29, 1.82) is 0 Å². The van der Waals surface area contributed by atoms with Gasteiger partial charge in [0.2, 0.25) is 0 Å². The van der Waals surface area contributed by atoms with Crippen molar-refractivity contribution in [3.05, 3.63) is 34.9 Å². The summed E-state index contributed by atoms with van der Waals surface area (Å²) in [5, 5.41) is 0.785. The predicted molar refractivity (Wildman–Crippen MR) is 62.2 cm³/mol. The molecule has 0 aliphatic carbocycles. The molecule has 82 valence electrons. The van der Waals surface area contributed by atoms with Gasteiger partial charge in [0.25, 0.3) is 0 Å². The maximum absolute atomic E-state index is 5.88. The summed E-state index contributed by atoms with van der Waals surface area (Å²) in [4.78, 5) is 0. The molecule has 1 fully saturated rings. The van der Waals surface area contributed by atoms with Crippen LogP contribution in [0.25, 0.3) is 0 Å². The molecule has 2 rings (SSSR count). The summed E-state index contributed by atoms with van der Waals surface area (Å²) in [5.41, 5.74) is 7.08. The molecule has 1 aliphatic heterocycles. The highest BCUT2D eigenvalue weighted by molar-refractivity contribution is 6.30. The van der Waals surface area contributed by atoms with Gasteiger partial charge in [-0.25, -0.2) is 0 Å². The van der Waals surface area contributed by atoms with Crippen LogP contribution in [0.4, 0.5) is 0 Å². The van der Waals surface area contributed by atoms with Gasteiger partial charge in [-0.2, -0.15) is 0 Å². The summed E-state index contributed by atoms with van der Waals surface area (Å²) in [5.74, 6) is 0. The minimum Gasteiger partial charge on any atom is -0.379 e. The Balaban J connectivity index is 2.14. The summed E-state index contributed by atoms with van der Waals surface area (Å²) in [7, 11) is 0. The van der Waals surface area contributed by atoms with Crippen LogP contribution in [0.15, 0.2) is 24.3 Å². The van der Waals surface area contributed by atoms with Crippen molar-refractivity contribution in [2.75, 3.05) is 19.8 Å². The molecule has 0 bridgehead atoms. The van der Waals surface area contributed by atoms with E-state index in [2.05, 4.69) is 12.1 Å². The summed E-state index contributed by atoms with van der Waals surface area (Å²) in [6.07, 6.45) is 2.15. The van der Waals surface area contributed by atoms with Gasteiger partial charge in [-0.15, -0.1) is 0 Å². The van der Waals surface area contributed by atoms with Crippen molar-refractivity contribution in [1.82, 2.24) is 0 Å². The topological polar surface area (TPSA) is 35.2 Å². The van der Waals surface area contributed by atoms with E-state index in [-0.39, 0.29) is 5.41 Å². The molecule has 15 heavy (non-hydrogen) atoms. The Morgan fingerprint density at radius 1 is 1.27 bits per heavy atom. The molecule has 1 heterocycles. The molecular weight excluding hydrogens is 210 g/mol. The number of rotatable bonds is 4. The van der Waals surface area contributed by atoms with Crippen LogP contribution >= 0.6 is 11.6 Å². The fourth-order valence-corrected chi connectivity index (χ4v) is 2.17. The molecule has 1 aliphatic rings. The average molecular weight is 226 g/mol. The molecule has 0 radical (unpaired) electrons. The molecule has 2 nitrogen and oxygen atoms in total. The number of hydrogen-bond donors (Lipinski definition) is 1. The lowest BCUT2D eigenvalue weighted by atomic mass is 9.75. The monoisotopic (exact) mass is 225 g/mol. The standard InChI is InChI=1S/C12H16ClNO/c13-11-4-2-10(3-5-11)12(6-1-7-14)8-15-9-12/h2-5H,1,6-9,14H2. The first-order valence-electron chi connectivity index (χ1n) is 5.31. The normalized spacial score (nSPS) is 18.5. The van der Waals surface area contributed by atoms with Crippen molar-refractivity contribution in [2.45, 2.75) is 18.3 Å². The van der Waals surface area contributed by atoms with E-state index in [1.54, 1.807) is 0 Å². The Labute approximate surface area is 95.4 Å². The smallest absolute Gasteiger partial charge is 0.0585 e. The van der Waals surface area contributed by atoms with E-state index in [1.807, 2.05) is 12.1 Å². The number of nitrogens with two attached hydrogens (primary N) is 1. The van der Waals surface area contributed by atoms with Crippen molar-refractivity contribution in [3.63, 3.8) is 0 Å². The molecule has 0 amide bonds. The SMILES string of the molecule is NCCCC1(c2ccc(Cl)cc2)COC1. The number of ether oxygens (including phenoxy) is 1. The van der Waals surface area contributed by atoms with E-state index in [1.165, 1.54) is 5.56 Å². The maximum atomic E-state index is 5.88. The van der Waals surface area contributed by atoms with E-state index >= 15 is 0 Å². The second-order valence-corrected chi connectivity index (χ2v) is 4.61. The first kappa shape index (κ1) is 10.9. The first-order valence-corrected chi connectivity index (χ1v) is 5.68. The van der Waals surface area contributed by atoms with E-state index in [0.717, 1.165) is 37.6 Å². The highest BCUT2D eigenvalue weighted by Gasteiger charge is 2.39. The van der Waals surface area contributed by atoms with E-state index < -0.39 is 0 Å². The quantitative estimate of drug-likeness (QED) is 0.854. The minimum atomic E-state index is 0.198. The fourth-order valence-electron chi connectivity index (χ4n) is 2.05. The van der Waals surface area contributed by atoms with Gasteiger partial charge < -0.3 is 10.5 Å². The van der Waals surface area contributed by atoms with Gasteiger partial charge in [0.05, 0.1) is 13.2 Å². The highest BCUT2D eigenvalue weighted by Crippen LogP contribution is 2.37. The lowest BCUT2D eigenvalue weighted by Crippen LogP contribution is -2.46. The van der Waals surface area contributed by atoms with Crippen LogP contribution in [0, 0.1) is 0 Å². The fraction of sp³-hybridized carbons (Fsp3) is 0.500. The molecule has 3 heteroatoms. The Morgan fingerprint density at radius 2 is 1.93 bits per heavy atom. The van der Waals surface area contributed by atoms with Crippen LogP contribution in [0.2, 0.25) is 5.02 Å². The Morgan fingerprint density at radius 3 is 2.40 bits per heavy atom. The predicted octanol–water partition coefficient (Wildman–Crippen LogP) is 2.35. The molecular formula is C12H16ClNO. The van der Waals surface area contributed by atoms with Crippen LogP contribution in [0.1, 0.15) is 18.4 Å². The van der Waals surface area contributed by atoms with E-state index in [9.17, 15) is 0 Å². The summed E-state index contributed by atoms with van der Waals surface area (Å²) in [6, 6.07) is 8.08. The molecule has 1 aromatic rings. The molecule has 2 N–H and O–H groups in total. The molecule has 0 spiro atoms. The van der Waals surface area contributed by atoms with Crippen LogP contribution < -0.4 is 5.73 Å². The number of hydrogen-bond acceptors (Lipinski definition) is 2. The molecule has 0 unspecified atom stereocenters. The van der Waals surface area contributed by atoms with Crippen LogP contribution in [-0.4, -0.2) is 19.8 Å². The third kappa shape index (κ3) is 2.17. The zero-order valence-electron chi connectivity index (χ0n) is 8.71. The van der Waals surface area contributed by atoms with Gasteiger partial charge in [-0.1, -0.05) is 23.7 Å². The van der Waals surface area contributed by atoms with Crippen LogP contribution in [0.3, 0.4) is 0 Å². The largest absolute Gasteiger partial charge is 0.379 e. The van der Waals surface area contributed by atoms with Crippen molar-refractivity contribution in [3.8, 4) is 0 Å². The number of halogens is 1. The van der Waals surface area contributed by atoms with Crippen molar-refractivity contribution in [2.24, 2.45) is 5.73 Å². The Hall–Kier alpha value is -0.570. The average Bonchev–Trinajstić information content (AvgIpc) is 2.19. The van der Waals surface area contributed by atoms with Gasteiger partial charge in [0, 0.05) is 10.4 Å². The van der Waals surface area contributed by atoms with Crippen LogP contribution in [0.5, 0.6) is 0 Å². The van der Waals surface area contributed by atoms with Gasteiger partial charge in [0.15, 0.2) is 0 Å². The van der Waals surface area contributed by atoms with Crippen molar-refractivity contribution >= 4 is 11.6 Å². The zero-order chi connectivity index (χ0) is 10.7. The third-order valence-electron chi connectivity index (χ3n) is 3.07. The van der Waals surface area contributed by atoms with E-state index in [4.69, 9.17) is 22.1 Å². The van der Waals surface area contributed by atoms with Gasteiger partial charge in [-0.3, -0.25) is 0 Å². The number of benzene rings is 1. The summed E-state index contributed by atoms with van der Waals surface area (Å²) < 4.78 is 5.35. The minimum absolute atomic E-state index is 0.198. The zero-order valence-corrected chi connectivity index (χ0v) is 9.46. The van der Waals surface area contributed by atoms with Crippen LogP contribution in [-0.2, 0) is 10.2 Å². The first-order chi connectivity index (χ1) is 7.27. The molecule has 1 saturated heterocycles. The second-order valence-electron chi connectivity index (χ2n) is 4.17. The van der Waals surface area contributed by atoms with Gasteiger partial charge in [0.1, 0.15) is 0 Å². The molecule has 0 saturated carbocycles. The van der Waals surface area contributed by atoms with Gasteiger partial charge >= 0.3 is 0 Å². The third-order valence-corrected chi connectivity index (χ3v) is 3.32. The van der Waals surface area contributed by atoms with E-state index in [0.29, 0.717) is 0 Å². The Kier molecular flexibility index (Phi) is 3.29. The summed E-state index contributed by atoms with van der Waals surface area (Å²) >= 11 is 5.88. The summed E-state index contributed by atoms with van der Waals surface area (Å²) in [6.45, 7) is 2.37. The highest BCUT2D eigenvalue weighted by atomic mass is 35.5. The lowest BCUT2D eigenvalue weighted by Gasteiger charge is -2.42. The van der Waals surface area contributed by atoms with Gasteiger partial charge in [-0.05, 0) is 37.1 Å². The molecule has 0 atom stereocenters. The second kappa shape index (κ2) is 4.52. The molecule has 0 aromatic heterocycles.